The summed E-state index contributed by atoms with van der Waals surface area (Å²) in [4.78, 5) is 21.2. The van der Waals surface area contributed by atoms with Crippen LogP contribution in [0.25, 0.3) is 10.8 Å². The molecule has 0 spiro atoms. The number of carbonyl (C=O) groups is 2. The zero-order chi connectivity index (χ0) is 15.1. The van der Waals surface area contributed by atoms with Gasteiger partial charge in [0.1, 0.15) is 4.90 Å². The number of benzene rings is 2. The Balaban J connectivity index is 0.00000220. The van der Waals surface area contributed by atoms with Gasteiger partial charge in [-0.2, -0.15) is 8.42 Å². The molecule has 0 aliphatic carbocycles. The molecule has 7 nitrogen and oxygen atoms in total. The minimum Gasteiger partial charge on any atom is -1.00 e. The van der Waals surface area contributed by atoms with E-state index in [0.29, 0.717) is 0 Å². The van der Waals surface area contributed by atoms with Gasteiger partial charge in [0.05, 0.1) is 11.1 Å². The minimum absolute atomic E-state index is 0. The third kappa shape index (κ3) is 3.60. The summed E-state index contributed by atoms with van der Waals surface area (Å²) >= 11 is 0. The summed E-state index contributed by atoms with van der Waals surface area (Å²) in [7, 11) is -4.68. The third-order valence-corrected chi connectivity index (χ3v) is 3.58. The van der Waals surface area contributed by atoms with Crippen molar-refractivity contribution < 1.29 is 63.8 Å². The Morgan fingerprint density at radius 2 is 1.52 bits per heavy atom. The van der Waals surface area contributed by atoms with Crippen molar-refractivity contribution in [1.82, 2.24) is 0 Å². The Kier molecular flexibility index (Phi) is 5.13. The fourth-order valence-corrected chi connectivity index (χ4v) is 2.52. The van der Waals surface area contributed by atoms with Crippen molar-refractivity contribution in [3.05, 3.63) is 41.5 Å². The average Bonchev–Trinajstić information content (AvgIpc) is 2.35. The normalized spacial score (nSPS) is 10.9. The first kappa shape index (κ1) is 17.6. The third-order valence-electron chi connectivity index (χ3n) is 2.69. The fraction of sp³-hybridized carbons (Fsp3) is 0. The molecule has 0 fully saturated rings. The molecule has 0 saturated carbocycles. The summed E-state index contributed by atoms with van der Waals surface area (Å²) in [6.45, 7) is 0. The first-order chi connectivity index (χ1) is 9.20. The monoisotopic (exact) mass is 320 g/mol. The number of fused-ring (bicyclic) bond motifs is 1. The quantitative estimate of drug-likeness (QED) is 0.468. The van der Waals surface area contributed by atoms with E-state index in [0.717, 1.165) is 12.1 Å². The van der Waals surface area contributed by atoms with Crippen molar-refractivity contribution in [3.8, 4) is 0 Å². The van der Waals surface area contributed by atoms with Gasteiger partial charge in [-0.15, -0.1) is 0 Å². The van der Waals surface area contributed by atoms with Gasteiger partial charge in [0.2, 0.25) is 0 Å². The van der Waals surface area contributed by atoms with Gasteiger partial charge in [0.25, 0.3) is 10.1 Å². The maximum Gasteiger partial charge on any atom is 1.00 e. The largest absolute Gasteiger partial charge is 1.00 e. The molecule has 3 N–H and O–H groups in total. The Bertz CT molecular complexity index is 848. The van der Waals surface area contributed by atoms with Crippen molar-refractivity contribution in [3.63, 3.8) is 0 Å². The van der Waals surface area contributed by atoms with Crippen LogP contribution in [0.3, 0.4) is 0 Å². The van der Waals surface area contributed by atoms with Crippen LogP contribution in [-0.4, -0.2) is 35.1 Å². The van der Waals surface area contributed by atoms with Crippen LogP contribution >= 0.6 is 0 Å². The molecule has 0 atom stereocenters. The zero-order valence-corrected chi connectivity index (χ0v) is 13.6. The molecule has 9 heteroatoms. The van der Waals surface area contributed by atoms with Crippen LogP contribution in [-0.2, 0) is 10.1 Å². The second-order valence-corrected chi connectivity index (χ2v) is 5.39. The van der Waals surface area contributed by atoms with Crippen molar-refractivity contribution >= 4 is 32.8 Å². The molecule has 0 saturated heterocycles. The number of hydrogen-bond donors (Lipinski definition) is 3. The average molecular weight is 320 g/mol. The molecule has 0 aliphatic rings. The van der Waals surface area contributed by atoms with E-state index in [1.807, 2.05) is 0 Å². The molecule has 21 heavy (non-hydrogen) atoms. The molecule has 106 valence electrons. The van der Waals surface area contributed by atoms with E-state index in [2.05, 4.69) is 0 Å². The maximum atomic E-state index is 11.3. The smallest absolute Gasteiger partial charge is 1.00 e. The van der Waals surface area contributed by atoms with Crippen molar-refractivity contribution in [2.75, 3.05) is 0 Å². The maximum absolute atomic E-state index is 11.3. The molecule has 0 radical (unpaired) electrons. The molecule has 2 aromatic rings. The summed E-state index contributed by atoms with van der Waals surface area (Å²) in [6.07, 6.45) is 0. The molecule has 0 aromatic heterocycles. The molecule has 2 rings (SSSR count). The van der Waals surface area contributed by atoms with Gasteiger partial charge in [0.15, 0.2) is 0 Å². The van der Waals surface area contributed by atoms with Crippen molar-refractivity contribution in [2.24, 2.45) is 0 Å². The van der Waals surface area contributed by atoms with E-state index in [9.17, 15) is 18.0 Å². The van der Waals surface area contributed by atoms with E-state index < -0.39 is 27.0 Å². The summed E-state index contributed by atoms with van der Waals surface area (Å²) < 4.78 is 31.8. The molecule has 2 aromatic carbocycles. The van der Waals surface area contributed by atoms with Crippen LogP contribution in [0, 0.1) is 0 Å². The van der Waals surface area contributed by atoms with Gasteiger partial charge >= 0.3 is 41.5 Å². The van der Waals surface area contributed by atoms with Gasteiger partial charge in [-0.05, 0) is 29.7 Å². The van der Waals surface area contributed by atoms with E-state index in [4.69, 9.17) is 14.8 Å². The Hall–Kier alpha value is -1.45. The number of carboxylic acid groups (broad SMARTS) is 2. The first-order valence-corrected chi connectivity index (χ1v) is 6.66. The topological polar surface area (TPSA) is 129 Å². The minimum atomic E-state index is -4.68. The Morgan fingerprint density at radius 1 is 0.952 bits per heavy atom. The predicted octanol–water partition coefficient (Wildman–Crippen LogP) is -1.40. The fourth-order valence-electron chi connectivity index (χ4n) is 1.79. The summed E-state index contributed by atoms with van der Waals surface area (Å²) in [5.41, 5.74) is -0.501. The van der Waals surface area contributed by atoms with E-state index in [1.165, 1.54) is 18.2 Å². The molecule has 0 heterocycles. The standard InChI is InChI=1S/C12H8O7S.Na.H/c13-11(14)7-2-1-6-3-8(12(15)16)5-10(9(6)4-7)20(17,18)19;;/h1-5H,(H,13,14)(H,15,16)(H,17,18,19);;/q;+1;-1. The van der Waals surface area contributed by atoms with Gasteiger partial charge in [0, 0.05) is 5.39 Å². The van der Waals surface area contributed by atoms with Gasteiger partial charge in [-0.25, -0.2) is 9.59 Å². The van der Waals surface area contributed by atoms with Crippen LogP contribution in [0.4, 0.5) is 0 Å². The van der Waals surface area contributed by atoms with E-state index in [1.54, 1.807) is 0 Å². The SMILES string of the molecule is O=C(O)c1cc(S(=O)(=O)O)c2cc(C(=O)O)ccc2c1.[H-].[Na+]. The summed E-state index contributed by atoms with van der Waals surface area (Å²) in [5, 5.41) is 17.9. The summed E-state index contributed by atoms with van der Waals surface area (Å²) in [6, 6.07) is 5.53. The second-order valence-electron chi connectivity index (χ2n) is 4.00. The van der Waals surface area contributed by atoms with Crippen molar-refractivity contribution in [1.29, 1.82) is 0 Å². The molecular formula is C12H9NaO7S. The number of rotatable bonds is 3. The Labute approximate surface area is 142 Å². The first-order valence-electron chi connectivity index (χ1n) is 5.22. The van der Waals surface area contributed by atoms with Crippen LogP contribution in [0.15, 0.2) is 35.2 Å². The van der Waals surface area contributed by atoms with Gasteiger partial charge in [-0.1, -0.05) is 6.07 Å². The molecule has 0 unspecified atom stereocenters. The summed E-state index contributed by atoms with van der Waals surface area (Å²) in [5.74, 6) is -2.63. The molecule has 0 aliphatic heterocycles. The Morgan fingerprint density at radius 3 is 2.00 bits per heavy atom. The number of carboxylic acids is 2. The zero-order valence-electron chi connectivity index (χ0n) is 11.8. The van der Waals surface area contributed by atoms with Crippen LogP contribution in [0.1, 0.15) is 22.1 Å². The number of hydrogen-bond acceptors (Lipinski definition) is 4. The molecular weight excluding hydrogens is 311 g/mol. The van der Waals surface area contributed by atoms with Crippen LogP contribution < -0.4 is 29.6 Å². The van der Waals surface area contributed by atoms with Gasteiger partial charge < -0.3 is 11.6 Å². The van der Waals surface area contributed by atoms with E-state index >= 15 is 0 Å². The van der Waals surface area contributed by atoms with Crippen molar-refractivity contribution in [2.45, 2.75) is 4.90 Å². The van der Waals surface area contributed by atoms with Crippen LogP contribution in [0.2, 0.25) is 0 Å². The molecule has 0 bridgehead atoms. The van der Waals surface area contributed by atoms with E-state index in [-0.39, 0.29) is 52.9 Å². The van der Waals surface area contributed by atoms with Gasteiger partial charge in [-0.3, -0.25) is 4.55 Å². The molecule has 0 amide bonds. The van der Waals surface area contributed by atoms with Crippen LogP contribution in [0.5, 0.6) is 0 Å². The predicted molar refractivity (Wildman–Crippen MR) is 68.8 cm³/mol. The number of aromatic carboxylic acids is 2. The second kappa shape index (κ2) is 6.12.